The number of rotatable bonds is 4. The normalized spacial score (nSPS) is 25.6. The molecule has 0 aromatic carbocycles. The fourth-order valence-corrected chi connectivity index (χ4v) is 2.69. The van der Waals surface area contributed by atoms with Crippen LogP contribution in [-0.2, 0) is 4.79 Å². The predicted molar refractivity (Wildman–Crippen MR) is 73.2 cm³/mol. The molecule has 1 saturated carbocycles. The lowest BCUT2D eigenvalue weighted by Gasteiger charge is -2.28. The zero-order valence-corrected chi connectivity index (χ0v) is 12.0. The Morgan fingerprint density at radius 1 is 1.29 bits per heavy atom. The molecule has 3 nitrogen and oxygen atoms in total. The Morgan fingerprint density at radius 2 is 1.88 bits per heavy atom. The van der Waals surface area contributed by atoms with Crippen molar-refractivity contribution in [2.75, 3.05) is 12.4 Å². The summed E-state index contributed by atoms with van der Waals surface area (Å²) in [6.45, 7) is 6.66. The summed E-state index contributed by atoms with van der Waals surface area (Å²) in [5.74, 6) is 1.15. The van der Waals surface area contributed by atoms with Crippen molar-refractivity contribution in [2.45, 2.75) is 57.2 Å². The number of carbonyl (C=O) groups is 1. The van der Waals surface area contributed by atoms with Gasteiger partial charge in [-0.15, -0.1) is 11.8 Å². The van der Waals surface area contributed by atoms with Crippen molar-refractivity contribution >= 4 is 17.7 Å². The molecule has 2 N–H and O–H groups in total. The molecule has 1 aliphatic carbocycles. The quantitative estimate of drug-likeness (QED) is 0.813. The van der Waals surface area contributed by atoms with E-state index in [1.54, 1.807) is 11.8 Å². The third-order valence-corrected chi connectivity index (χ3v) is 4.38. The van der Waals surface area contributed by atoms with Gasteiger partial charge in [-0.1, -0.05) is 20.8 Å². The van der Waals surface area contributed by atoms with Crippen LogP contribution in [0.25, 0.3) is 0 Å². The lowest BCUT2D eigenvalue weighted by molar-refractivity contribution is -0.119. The first-order valence-corrected chi connectivity index (χ1v) is 7.43. The first-order chi connectivity index (χ1) is 7.90. The molecule has 0 saturated heterocycles. The Morgan fingerprint density at radius 3 is 2.35 bits per heavy atom. The molecule has 0 radical (unpaired) electrons. The molecule has 0 aromatic rings. The molecular weight excluding hydrogens is 234 g/mol. The second-order valence-corrected chi connectivity index (χ2v) is 7.67. The SMILES string of the molecule is CC(C)(C)SCC(=O)NC1CCC(CO)CC1. The fourth-order valence-electron chi connectivity index (χ4n) is 2.04. The average Bonchev–Trinajstić information content (AvgIpc) is 2.27. The van der Waals surface area contributed by atoms with Crippen molar-refractivity contribution in [1.29, 1.82) is 0 Å². The number of hydrogen-bond donors (Lipinski definition) is 2. The minimum Gasteiger partial charge on any atom is -0.396 e. The van der Waals surface area contributed by atoms with Gasteiger partial charge in [0.15, 0.2) is 0 Å². The molecule has 17 heavy (non-hydrogen) atoms. The maximum Gasteiger partial charge on any atom is 0.230 e. The van der Waals surface area contributed by atoms with Gasteiger partial charge in [0, 0.05) is 17.4 Å². The van der Waals surface area contributed by atoms with Gasteiger partial charge in [-0.3, -0.25) is 4.79 Å². The summed E-state index contributed by atoms with van der Waals surface area (Å²) in [4.78, 5) is 11.7. The predicted octanol–water partition coefficient (Wildman–Crippen LogP) is 2.19. The summed E-state index contributed by atoms with van der Waals surface area (Å²) in [6.07, 6.45) is 4.09. The molecule has 4 heteroatoms. The van der Waals surface area contributed by atoms with E-state index in [1.807, 2.05) is 0 Å². The molecular formula is C13H25NO2S. The van der Waals surface area contributed by atoms with E-state index in [4.69, 9.17) is 5.11 Å². The van der Waals surface area contributed by atoms with Crippen LogP contribution in [0.15, 0.2) is 0 Å². The van der Waals surface area contributed by atoms with Gasteiger partial charge >= 0.3 is 0 Å². The molecule has 1 rings (SSSR count). The highest BCUT2D eigenvalue weighted by atomic mass is 32.2. The van der Waals surface area contributed by atoms with Crippen LogP contribution in [-0.4, -0.2) is 34.2 Å². The largest absolute Gasteiger partial charge is 0.396 e. The van der Waals surface area contributed by atoms with Crippen molar-refractivity contribution in [3.05, 3.63) is 0 Å². The van der Waals surface area contributed by atoms with Gasteiger partial charge < -0.3 is 10.4 Å². The Bertz CT molecular complexity index is 242. The van der Waals surface area contributed by atoms with E-state index in [0.717, 1.165) is 25.7 Å². The van der Waals surface area contributed by atoms with Crippen LogP contribution in [0.3, 0.4) is 0 Å². The van der Waals surface area contributed by atoms with Gasteiger partial charge in [0.25, 0.3) is 0 Å². The molecule has 0 heterocycles. The van der Waals surface area contributed by atoms with Gasteiger partial charge in [-0.25, -0.2) is 0 Å². The molecule has 1 aliphatic rings. The second kappa shape index (κ2) is 6.64. The Labute approximate surface area is 109 Å². The standard InChI is InChI=1S/C13H25NO2S/c1-13(2,3)17-9-12(16)14-11-6-4-10(8-15)5-7-11/h10-11,15H,4-9H2,1-3H3,(H,14,16). The minimum absolute atomic E-state index is 0.145. The topological polar surface area (TPSA) is 49.3 Å². The van der Waals surface area contributed by atoms with Crippen LogP contribution in [0.4, 0.5) is 0 Å². The van der Waals surface area contributed by atoms with E-state index in [1.165, 1.54) is 0 Å². The number of carbonyl (C=O) groups excluding carboxylic acids is 1. The molecule has 0 bridgehead atoms. The highest BCUT2D eigenvalue weighted by Gasteiger charge is 2.22. The van der Waals surface area contributed by atoms with Crippen LogP contribution in [0.5, 0.6) is 0 Å². The summed E-state index contributed by atoms with van der Waals surface area (Å²) in [5.41, 5.74) is 0. The van der Waals surface area contributed by atoms with E-state index in [9.17, 15) is 4.79 Å². The van der Waals surface area contributed by atoms with Crippen LogP contribution in [0.2, 0.25) is 0 Å². The second-order valence-electron chi connectivity index (χ2n) is 5.87. The smallest absolute Gasteiger partial charge is 0.230 e. The van der Waals surface area contributed by atoms with Crippen LogP contribution < -0.4 is 5.32 Å². The van der Waals surface area contributed by atoms with E-state index in [0.29, 0.717) is 24.3 Å². The molecule has 1 fully saturated rings. The monoisotopic (exact) mass is 259 g/mol. The molecule has 0 unspecified atom stereocenters. The molecule has 0 aromatic heterocycles. The van der Waals surface area contributed by atoms with E-state index >= 15 is 0 Å². The highest BCUT2D eigenvalue weighted by molar-refractivity contribution is 8.01. The summed E-state index contributed by atoms with van der Waals surface area (Å²) >= 11 is 1.68. The van der Waals surface area contributed by atoms with Crippen LogP contribution in [0.1, 0.15) is 46.5 Å². The molecule has 1 amide bonds. The zero-order chi connectivity index (χ0) is 12.9. The Balaban J connectivity index is 2.19. The van der Waals surface area contributed by atoms with Crippen LogP contribution in [0, 0.1) is 5.92 Å². The van der Waals surface area contributed by atoms with Crippen molar-refractivity contribution in [1.82, 2.24) is 5.32 Å². The molecule has 0 aliphatic heterocycles. The highest BCUT2D eigenvalue weighted by Crippen LogP contribution is 2.25. The van der Waals surface area contributed by atoms with Gasteiger partial charge in [-0.2, -0.15) is 0 Å². The average molecular weight is 259 g/mol. The third-order valence-electron chi connectivity index (χ3n) is 3.11. The maximum atomic E-state index is 11.7. The van der Waals surface area contributed by atoms with Gasteiger partial charge in [0.1, 0.15) is 0 Å². The van der Waals surface area contributed by atoms with Crippen molar-refractivity contribution in [3.63, 3.8) is 0 Å². The molecule has 0 spiro atoms. The number of thioether (sulfide) groups is 1. The Hall–Kier alpha value is -0.220. The number of aliphatic hydroxyl groups is 1. The maximum absolute atomic E-state index is 11.7. The van der Waals surface area contributed by atoms with E-state index in [2.05, 4.69) is 26.1 Å². The Kier molecular flexibility index (Phi) is 5.80. The van der Waals surface area contributed by atoms with Gasteiger partial charge in [0.05, 0.1) is 5.75 Å². The van der Waals surface area contributed by atoms with Crippen molar-refractivity contribution in [2.24, 2.45) is 5.92 Å². The van der Waals surface area contributed by atoms with Crippen molar-refractivity contribution < 1.29 is 9.90 Å². The summed E-state index contributed by atoms with van der Waals surface area (Å²) in [7, 11) is 0. The van der Waals surface area contributed by atoms with Crippen molar-refractivity contribution in [3.8, 4) is 0 Å². The zero-order valence-electron chi connectivity index (χ0n) is 11.2. The van der Waals surface area contributed by atoms with Gasteiger partial charge in [0.2, 0.25) is 5.91 Å². The number of aliphatic hydroxyl groups excluding tert-OH is 1. The van der Waals surface area contributed by atoms with E-state index < -0.39 is 0 Å². The molecule has 0 atom stereocenters. The number of nitrogens with one attached hydrogen (secondary N) is 1. The lowest BCUT2D eigenvalue weighted by atomic mass is 9.86. The first-order valence-electron chi connectivity index (χ1n) is 6.45. The minimum atomic E-state index is 0.145. The summed E-state index contributed by atoms with van der Waals surface area (Å²) < 4.78 is 0.145. The van der Waals surface area contributed by atoms with E-state index in [-0.39, 0.29) is 10.7 Å². The van der Waals surface area contributed by atoms with Crippen LogP contribution >= 0.6 is 11.8 Å². The van der Waals surface area contributed by atoms with Gasteiger partial charge in [-0.05, 0) is 31.6 Å². The first kappa shape index (κ1) is 14.8. The molecule has 100 valence electrons. The summed E-state index contributed by atoms with van der Waals surface area (Å²) in [5, 5.41) is 12.1. The third kappa shape index (κ3) is 6.32. The lowest BCUT2D eigenvalue weighted by Crippen LogP contribution is -2.39. The fraction of sp³-hybridized carbons (Fsp3) is 0.923. The summed E-state index contributed by atoms with van der Waals surface area (Å²) in [6, 6.07) is 0.325. The number of amides is 1. The number of hydrogen-bond acceptors (Lipinski definition) is 3.